The first-order valence-electron chi connectivity index (χ1n) is 10.2. The van der Waals surface area contributed by atoms with Gasteiger partial charge in [-0.05, 0) is 36.2 Å². The molecule has 0 aromatic heterocycles. The largest absolute Gasteiger partial charge is 0.497 e. The molecule has 2 aliphatic rings. The van der Waals surface area contributed by atoms with Gasteiger partial charge in [0.2, 0.25) is 11.8 Å². The van der Waals surface area contributed by atoms with Crippen molar-refractivity contribution in [2.24, 2.45) is 0 Å². The van der Waals surface area contributed by atoms with E-state index in [1.165, 1.54) is 5.56 Å². The van der Waals surface area contributed by atoms with Crippen LogP contribution < -0.4 is 9.64 Å². The van der Waals surface area contributed by atoms with Gasteiger partial charge in [-0.3, -0.25) is 19.4 Å². The first-order chi connectivity index (χ1) is 14.2. The highest BCUT2D eigenvalue weighted by Gasteiger charge is 2.39. The third-order valence-electron chi connectivity index (χ3n) is 5.78. The molecule has 0 radical (unpaired) electrons. The number of hydrogen-bond donors (Lipinski definition) is 0. The second-order valence-corrected chi connectivity index (χ2v) is 7.60. The van der Waals surface area contributed by atoms with Gasteiger partial charge in [-0.1, -0.05) is 30.3 Å². The van der Waals surface area contributed by atoms with E-state index in [9.17, 15) is 9.59 Å². The molecular formula is C23H27N3O3. The third kappa shape index (κ3) is 4.27. The summed E-state index contributed by atoms with van der Waals surface area (Å²) in [5.74, 6) is 0.806. The fourth-order valence-electron chi connectivity index (χ4n) is 4.16. The molecule has 2 aromatic carbocycles. The molecule has 0 aliphatic carbocycles. The molecule has 1 unspecified atom stereocenters. The number of ether oxygens (including phenoxy) is 1. The summed E-state index contributed by atoms with van der Waals surface area (Å²) in [5, 5.41) is 0. The van der Waals surface area contributed by atoms with Gasteiger partial charge in [0.25, 0.3) is 0 Å². The molecule has 2 heterocycles. The highest BCUT2D eigenvalue weighted by Crippen LogP contribution is 2.29. The second kappa shape index (κ2) is 8.66. The Morgan fingerprint density at radius 3 is 2.34 bits per heavy atom. The molecule has 2 saturated heterocycles. The Kier molecular flexibility index (Phi) is 5.81. The van der Waals surface area contributed by atoms with E-state index in [0.29, 0.717) is 25.9 Å². The molecule has 2 aliphatic heterocycles. The summed E-state index contributed by atoms with van der Waals surface area (Å²) in [7, 11) is 1.61. The summed E-state index contributed by atoms with van der Waals surface area (Å²) in [6.45, 7) is 4.01. The number of carbonyl (C=O) groups excluding carboxylic acids is 2. The first kappa shape index (κ1) is 19.5. The first-order valence-corrected chi connectivity index (χ1v) is 10.2. The highest BCUT2D eigenvalue weighted by atomic mass is 16.5. The number of piperazine rings is 1. The van der Waals surface area contributed by atoms with Gasteiger partial charge in [-0.15, -0.1) is 0 Å². The summed E-state index contributed by atoms with van der Waals surface area (Å²) in [4.78, 5) is 31.7. The van der Waals surface area contributed by atoms with Crippen LogP contribution in [0.2, 0.25) is 0 Å². The Morgan fingerprint density at radius 1 is 1.00 bits per heavy atom. The van der Waals surface area contributed by atoms with Gasteiger partial charge in [-0.25, -0.2) is 0 Å². The Hall–Kier alpha value is -2.86. The summed E-state index contributed by atoms with van der Waals surface area (Å²) in [5.41, 5.74) is 2.05. The van der Waals surface area contributed by atoms with Crippen LogP contribution in [0.5, 0.6) is 5.75 Å². The van der Waals surface area contributed by atoms with Gasteiger partial charge < -0.3 is 9.64 Å². The monoisotopic (exact) mass is 393 g/mol. The van der Waals surface area contributed by atoms with Gasteiger partial charge in [0.05, 0.1) is 7.11 Å². The van der Waals surface area contributed by atoms with E-state index in [1.54, 1.807) is 12.0 Å². The third-order valence-corrected chi connectivity index (χ3v) is 5.78. The van der Waals surface area contributed by atoms with Gasteiger partial charge in [0.1, 0.15) is 11.8 Å². The number of anilines is 1. The lowest BCUT2D eigenvalue weighted by atomic mass is 10.1. The number of amides is 2. The molecule has 1 atom stereocenters. The van der Waals surface area contributed by atoms with Crippen LogP contribution in [-0.2, 0) is 16.1 Å². The van der Waals surface area contributed by atoms with Crippen molar-refractivity contribution in [1.29, 1.82) is 0 Å². The van der Waals surface area contributed by atoms with E-state index in [0.717, 1.165) is 31.1 Å². The molecule has 0 N–H and O–H groups in total. The van der Waals surface area contributed by atoms with Crippen LogP contribution in [0.3, 0.4) is 0 Å². The summed E-state index contributed by atoms with van der Waals surface area (Å²) >= 11 is 0. The van der Waals surface area contributed by atoms with Gasteiger partial charge in [0, 0.05) is 44.8 Å². The maximum atomic E-state index is 13.2. The molecular weight excluding hydrogens is 366 g/mol. The molecule has 4 rings (SSSR count). The molecule has 152 valence electrons. The summed E-state index contributed by atoms with van der Waals surface area (Å²) in [6.07, 6.45) is 0.990. The van der Waals surface area contributed by atoms with Crippen LogP contribution in [-0.4, -0.2) is 60.9 Å². The van der Waals surface area contributed by atoms with E-state index in [-0.39, 0.29) is 11.8 Å². The minimum absolute atomic E-state index is 0.0104. The Labute approximate surface area is 171 Å². The van der Waals surface area contributed by atoms with Crippen LogP contribution in [0.1, 0.15) is 18.4 Å². The zero-order valence-electron chi connectivity index (χ0n) is 16.8. The second-order valence-electron chi connectivity index (χ2n) is 7.60. The number of nitrogens with zero attached hydrogens (tertiary/aromatic N) is 3. The molecule has 2 amide bonds. The van der Waals surface area contributed by atoms with Crippen LogP contribution in [0, 0.1) is 0 Å². The van der Waals surface area contributed by atoms with E-state index >= 15 is 0 Å². The van der Waals surface area contributed by atoms with Crippen LogP contribution in [0.25, 0.3) is 0 Å². The standard InChI is InChI=1S/C23H27N3O3/c1-29-20-9-7-19(8-10-20)26-21(11-12-22(26)27)23(28)25-15-13-24(14-16-25)17-18-5-3-2-4-6-18/h2-10,21H,11-17H2,1H3. The molecule has 2 aromatic rings. The molecule has 6 heteroatoms. The number of carbonyl (C=O) groups is 2. The molecule has 0 spiro atoms. The fourth-order valence-corrected chi connectivity index (χ4v) is 4.16. The average molecular weight is 393 g/mol. The Bertz CT molecular complexity index is 845. The predicted octanol–water partition coefficient (Wildman–Crippen LogP) is 2.54. The lowest BCUT2D eigenvalue weighted by molar-refractivity contribution is -0.134. The molecule has 6 nitrogen and oxygen atoms in total. The SMILES string of the molecule is COc1ccc(N2C(=O)CCC2C(=O)N2CCN(Cc3ccccc3)CC2)cc1. The summed E-state index contributed by atoms with van der Waals surface area (Å²) in [6, 6.07) is 17.3. The van der Waals surface area contributed by atoms with Crippen molar-refractivity contribution in [2.75, 3.05) is 38.2 Å². The van der Waals surface area contributed by atoms with Gasteiger partial charge in [0.15, 0.2) is 0 Å². The van der Waals surface area contributed by atoms with E-state index in [1.807, 2.05) is 35.2 Å². The van der Waals surface area contributed by atoms with Crippen molar-refractivity contribution < 1.29 is 14.3 Å². The lowest BCUT2D eigenvalue weighted by Crippen LogP contribution is -2.54. The zero-order valence-corrected chi connectivity index (χ0v) is 16.8. The minimum atomic E-state index is -0.406. The molecule has 0 saturated carbocycles. The Balaban J connectivity index is 1.39. The normalized spacial score (nSPS) is 20.2. The fraction of sp³-hybridized carbons (Fsp3) is 0.391. The minimum Gasteiger partial charge on any atom is -0.497 e. The molecule has 0 bridgehead atoms. The zero-order chi connectivity index (χ0) is 20.2. The van der Waals surface area contributed by atoms with Crippen molar-refractivity contribution in [3.8, 4) is 5.75 Å². The number of benzene rings is 2. The topological polar surface area (TPSA) is 53.1 Å². The van der Waals surface area contributed by atoms with Crippen molar-refractivity contribution in [3.63, 3.8) is 0 Å². The van der Waals surface area contributed by atoms with Crippen molar-refractivity contribution in [2.45, 2.75) is 25.4 Å². The van der Waals surface area contributed by atoms with Crippen LogP contribution in [0.4, 0.5) is 5.69 Å². The average Bonchev–Trinajstić information content (AvgIpc) is 3.16. The number of rotatable bonds is 5. The van der Waals surface area contributed by atoms with E-state index < -0.39 is 6.04 Å². The Morgan fingerprint density at radius 2 is 1.69 bits per heavy atom. The van der Waals surface area contributed by atoms with Gasteiger partial charge in [-0.2, -0.15) is 0 Å². The number of hydrogen-bond acceptors (Lipinski definition) is 4. The smallest absolute Gasteiger partial charge is 0.245 e. The van der Waals surface area contributed by atoms with Crippen molar-refractivity contribution >= 4 is 17.5 Å². The van der Waals surface area contributed by atoms with Crippen molar-refractivity contribution in [1.82, 2.24) is 9.80 Å². The van der Waals surface area contributed by atoms with Crippen LogP contribution in [0.15, 0.2) is 54.6 Å². The van der Waals surface area contributed by atoms with Crippen molar-refractivity contribution in [3.05, 3.63) is 60.2 Å². The van der Waals surface area contributed by atoms with E-state index in [2.05, 4.69) is 29.2 Å². The maximum absolute atomic E-state index is 13.2. The quantitative estimate of drug-likeness (QED) is 0.783. The molecule has 2 fully saturated rings. The summed E-state index contributed by atoms with van der Waals surface area (Å²) < 4.78 is 5.20. The van der Waals surface area contributed by atoms with E-state index in [4.69, 9.17) is 4.74 Å². The van der Waals surface area contributed by atoms with Gasteiger partial charge >= 0.3 is 0 Å². The maximum Gasteiger partial charge on any atom is 0.245 e. The predicted molar refractivity (Wildman–Crippen MR) is 112 cm³/mol. The highest BCUT2D eigenvalue weighted by molar-refractivity contribution is 6.03. The lowest BCUT2D eigenvalue weighted by Gasteiger charge is -2.37. The molecule has 29 heavy (non-hydrogen) atoms. The number of methoxy groups -OCH3 is 1. The van der Waals surface area contributed by atoms with Crippen LogP contribution >= 0.6 is 0 Å².